The second-order valence-electron chi connectivity index (χ2n) is 5.64. The Morgan fingerprint density at radius 3 is 3.00 bits per heavy atom. The number of hydrogen-bond donors (Lipinski definition) is 1. The maximum absolute atomic E-state index is 9.95. The second kappa shape index (κ2) is 5.24. The van der Waals surface area contributed by atoms with Crippen molar-refractivity contribution < 1.29 is 5.11 Å². The number of nitrogens with zero attached hydrogens (tertiary/aromatic N) is 1. The summed E-state index contributed by atoms with van der Waals surface area (Å²) in [5.74, 6) is 0.467. The van der Waals surface area contributed by atoms with Gasteiger partial charge < -0.3 is 5.11 Å². The molecule has 2 aliphatic heterocycles. The van der Waals surface area contributed by atoms with Crippen LogP contribution in [0.1, 0.15) is 18.9 Å². The van der Waals surface area contributed by atoms with Crippen LogP contribution in [0.4, 0.5) is 0 Å². The number of thioether (sulfide) groups is 1. The third kappa shape index (κ3) is 2.58. The number of piperidine rings is 1. The lowest BCUT2D eigenvalue weighted by molar-refractivity contribution is 0.0296. The second-order valence-corrected chi connectivity index (χ2v) is 6.99. The Morgan fingerprint density at radius 1 is 1.39 bits per heavy atom. The predicted molar refractivity (Wildman–Crippen MR) is 76.0 cm³/mol. The van der Waals surface area contributed by atoms with Crippen molar-refractivity contribution in [1.29, 1.82) is 0 Å². The summed E-state index contributed by atoms with van der Waals surface area (Å²) >= 11 is 2.01. The first-order valence-corrected chi connectivity index (χ1v) is 7.75. The first-order valence-electron chi connectivity index (χ1n) is 6.87. The summed E-state index contributed by atoms with van der Waals surface area (Å²) in [5.41, 5.74) is 1.50. The van der Waals surface area contributed by atoms with Crippen LogP contribution in [0.3, 0.4) is 0 Å². The van der Waals surface area contributed by atoms with Gasteiger partial charge in [0.2, 0.25) is 0 Å². The van der Waals surface area contributed by atoms with Crippen molar-refractivity contribution in [3.05, 3.63) is 29.8 Å². The van der Waals surface area contributed by atoms with Crippen LogP contribution in [-0.4, -0.2) is 41.0 Å². The van der Waals surface area contributed by atoms with Crippen LogP contribution in [0.5, 0.6) is 0 Å². The summed E-state index contributed by atoms with van der Waals surface area (Å²) in [7, 11) is 0. The Hall–Kier alpha value is -0.510. The van der Waals surface area contributed by atoms with E-state index in [1.54, 1.807) is 0 Å². The summed E-state index contributed by atoms with van der Waals surface area (Å²) in [5, 5.41) is 10.6. The molecule has 0 radical (unpaired) electrons. The van der Waals surface area contributed by atoms with Crippen molar-refractivity contribution in [2.75, 3.05) is 19.6 Å². The van der Waals surface area contributed by atoms with Gasteiger partial charge in [-0.1, -0.05) is 25.1 Å². The molecule has 1 aromatic rings. The Kier molecular flexibility index (Phi) is 3.64. The van der Waals surface area contributed by atoms with Crippen molar-refractivity contribution in [1.82, 2.24) is 4.90 Å². The molecule has 1 aromatic carbocycles. The van der Waals surface area contributed by atoms with E-state index < -0.39 is 0 Å². The zero-order chi connectivity index (χ0) is 12.5. The van der Waals surface area contributed by atoms with E-state index in [0.29, 0.717) is 11.2 Å². The van der Waals surface area contributed by atoms with Gasteiger partial charge in [-0.25, -0.2) is 0 Å². The van der Waals surface area contributed by atoms with E-state index in [4.69, 9.17) is 0 Å². The molecule has 3 heteroatoms. The van der Waals surface area contributed by atoms with Gasteiger partial charge in [-0.3, -0.25) is 4.90 Å². The molecule has 0 bridgehead atoms. The highest BCUT2D eigenvalue weighted by Gasteiger charge is 2.28. The third-order valence-corrected chi connectivity index (χ3v) is 5.48. The van der Waals surface area contributed by atoms with Crippen LogP contribution in [-0.2, 0) is 6.42 Å². The molecule has 98 valence electrons. The highest BCUT2D eigenvalue weighted by Crippen LogP contribution is 2.37. The maximum Gasteiger partial charge on any atom is 0.0693 e. The van der Waals surface area contributed by atoms with Gasteiger partial charge in [0, 0.05) is 23.2 Å². The molecule has 3 rings (SSSR count). The average molecular weight is 263 g/mol. The molecule has 2 heterocycles. The van der Waals surface area contributed by atoms with Gasteiger partial charge in [-0.15, -0.1) is 11.8 Å². The van der Waals surface area contributed by atoms with Crippen molar-refractivity contribution in [2.24, 2.45) is 5.92 Å². The predicted octanol–water partition coefficient (Wildman–Crippen LogP) is 2.41. The molecule has 2 aliphatic rings. The van der Waals surface area contributed by atoms with E-state index in [0.717, 1.165) is 26.1 Å². The first kappa shape index (κ1) is 12.5. The molecule has 3 unspecified atom stereocenters. The van der Waals surface area contributed by atoms with E-state index in [9.17, 15) is 5.11 Å². The number of β-amino-alcohol motifs (C(OH)–C–C–N with tert-alkyl or cyclic N) is 1. The SMILES string of the molecule is CC1CCN(CC2Cc3ccccc3S2)CC1O. The number of rotatable bonds is 2. The van der Waals surface area contributed by atoms with Crippen LogP contribution < -0.4 is 0 Å². The van der Waals surface area contributed by atoms with E-state index in [-0.39, 0.29) is 6.10 Å². The van der Waals surface area contributed by atoms with E-state index in [1.165, 1.54) is 16.9 Å². The van der Waals surface area contributed by atoms with Crippen molar-refractivity contribution in [2.45, 2.75) is 36.0 Å². The molecule has 0 aliphatic carbocycles. The fraction of sp³-hybridized carbons (Fsp3) is 0.600. The van der Waals surface area contributed by atoms with E-state index in [1.807, 2.05) is 11.8 Å². The Morgan fingerprint density at radius 2 is 2.22 bits per heavy atom. The van der Waals surface area contributed by atoms with Gasteiger partial charge >= 0.3 is 0 Å². The van der Waals surface area contributed by atoms with Gasteiger partial charge in [0.15, 0.2) is 0 Å². The van der Waals surface area contributed by atoms with Crippen LogP contribution in [0, 0.1) is 5.92 Å². The number of aliphatic hydroxyl groups excluding tert-OH is 1. The lowest BCUT2D eigenvalue weighted by atomic mass is 9.96. The molecule has 1 saturated heterocycles. The highest BCUT2D eigenvalue weighted by molar-refractivity contribution is 8.00. The summed E-state index contributed by atoms with van der Waals surface area (Å²) in [6, 6.07) is 8.73. The topological polar surface area (TPSA) is 23.5 Å². The van der Waals surface area contributed by atoms with Gasteiger partial charge in [-0.05, 0) is 36.9 Å². The van der Waals surface area contributed by atoms with Crippen LogP contribution in [0.25, 0.3) is 0 Å². The molecule has 18 heavy (non-hydrogen) atoms. The molecule has 0 aromatic heterocycles. The van der Waals surface area contributed by atoms with Gasteiger partial charge in [0.05, 0.1) is 6.10 Å². The molecule has 0 amide bonds. The lowest BCUT2D eigenvalue weighted by Gasteiger charge is -2.35. The van der Waals surface area contributed by atoms with Gasteiger partial charge in [0.1, 0.15) is 0 Å². The third-order valence-electron chi connectivity index (χ3n) is 4.18. The molecule has 1 fully saturated rings. The summed E-state index contributed by atoms with van der Waals surface area (Å²) in [6.45, 7) is 5.27. The highest BCUT2D eigenvalue weighted by atomic mass is 32.2. The maximum atomic E-state index is 9.95. The minimum atomic E-state index is -0.132. The zero-order valence-corrected chi connectivity index (χ0v) is 11.7. The fourth-order valence-electron chi connectivity index (χ4n) is 2.92. The number of hydrogen-bond acceptors (Lipinski definition) is 3. The monoisotopic (exact) mass is 263 g/mol. The largest absolute Gasteiger partial charge is 0.392 e. The minimum absolute atomic E-state index is 0.132. The van der Waals surface area contributed by atoms with Crippen LogP contribution in [0.15, 0.2) is 29.2 Å². The van der Waals surface area contributed by atoms with Gasteiger partial charge in [0.25, 0.3) is 0 Å². The molecule has 0 saturated carbocycles. The summed E-state index contributed by atoms with van der Waals surface area (Å²) < 4.78 is 0. The van der Waals surface area contributed by atoms with E-state index in [2.05, 4.69) is 36.1 Å². The minimum Gasteiger partial charge on any atom is -0.392 e. The number of likely N-dealkylation sites (tertiary alicyclic amines) is 1. The molecule has 1 N–H and O–H groups in total. The number of fused-ring (bicyclic) bond motifs is 1. The summed E-state index contributed by atoms with van der Waals surface area (Å²) in [6.07, 6.45) is 2.18. The van der Waals surface area contributed by atoms with Crippen molar-refractivity contribution in [3.63, 3.8) is 0 Å². The summed E-state index contributed by atoms with van der Waals surface area (Å²) in [4.78, 5) is 3.89. The molecular weight excluding hydrogens is 242 g/mol. The van der Waals surface area contributed by atoms with Crippen molar-refractivity contribution >= 4 is 11.8 Å². The smallest absolute Gasteiger partial charge is 0.0693 e. The van der Waals surface area contributed by atoms with Gasteiger partial charge in [-0.2, -0.15) is 0 Å². The first-order chi connectivity index (χ1) is 8.72. The lowest BCUT2D eigenvalue weighted by Crippen LogP contribution is -2.45. The fourth-order valence-corrected chi connectivity index (χ4v) is 4.29. The Bertz CT molecular complexity index is 398. The van der Waals surface area contributed by atoms with Crippen LogP contribution in [0.2, 0.25) is 0 Å². The molecular formula is C15H21NOS. The molecule has 2 nitrogen and oxygen atoms in total. The number of aliphatic hydroxyl groups is 1. The average Bonchev–Trinajstić information content (AvgIpc) is 2.76. The normalized spacial score (nSPS) is 32.4. The quantitative estimate of drug-likeness (QED) is 0.886. The molecule has 3 atom stereocenters. The van der Waals surface area contributed by atoms with Crippen molar-refractivity contribution in [3.8, 4) is 0 Å². The Labute approximate surface area is 113 Å². The standard InChI is InChI=1S/C15H21NOS/c1-11-6-7-16(10-14(11)17)9-13-8-12-4-2-3-5-15(12)18-13/h2-5,11,13-14,17H,6-10H2,1H3. The van der Waals surface area contributed by atoms with Crippen LogP contribution >= 0.6 is 11.8 Å². The molecule has 0 spiro atoms. The Balaban J connectivity index is 1.57. The van der Waals surface area contributed by atoms with E-state index >= 15 is 0 Å². The zero-order valence-electron chi connectivity index (χ0n) is 10.9. The number of benzene rings is 1.